The number of para-hydroxylation sites is 1. The summed E-state index contributed by atoms with van der Waals surface area (Å²) in [4.78, 5) is 28.9. The van der Waals surface area contributed by atoms with Crippen molar-refractivity contribution in [2.24, 2.45) is 5.92 Å². The van der Waals surface area contributed by atoms with E-state index in [1.54, 1.807) is 19.0 Å². The number of likely N-dealkylation sites (tertiary alicyclic amines) is 1. The summed E-state index contributed by atoms with van der Waals surface area (Å²) >= 11 is 0. The maximum atomic E-state index is 12.8. The number of hydrogen-bond acceptors (Lipinski definition) is 4. The topological polar surface area (TPSA) is 61.9 Å². The molecule has 3 rings (SSSR count). The van der Waals surface area contributed by atoms with Crippen molar-refractivity contribution in [3.8, 4) is 5.75 Å². The number of carbonyl (C=O) groups is 2. The van der Waals surface area contributed by atoms with Crippen molar-refractivity contribution in [3.05, 3.63) is 29.8 Å². The van der Waals surface area contributed by atoms with Gasteiger partial charge >= 0.3 is 0 Å². The predicted molar refractivity (Wildman–Crippen MR) is 99.9 cm³/mol. The van der Waals surface area contributed by atoms with E-state index in [2.05, 4.69) is 10.2 Å². The molecule has 0 aromatic heterocycles. The molecule has 2 heterocycles. The zero-order valence-corrected chi connectivity index (χ0v) is 15.9. The Kier molecular flexibility index (Phi) is 5.81. The molecule has 3 atom stereocenters. The Bertz CT molecular complexity index is 661. The highest BCUT2D eigenvalue weighted by molar-refractivity contribution is 5.82. The summed E-state index contributed by atoms with van der Waals surface area (Å²) in [6, 6.07) is 7.61. The zero-order chi connectivity index (χ0) is 18.7. The first kappa shape index (κ1) is 18.7. The third-order valence-electron chi connectivity index (χ3n) is 5.44. The van der Waals surface area contributed by atoms with Crippen LogP contribution in [0.4, 0.5) is 0 Å². The number of fused-ring (bicyclic) bond motifs is 1. The van der Waals surface area contributed by atoms with Gasteiger partial charge in [0.1, 0.15) is 5.75 Å². The fraction of sp³-hybridized carbons (Fsp3) is 0.600. The number of rotatable bonds is 4. The minimum Gasteiger partial charge on any atom is -0.493 e. The summed E-state index contributed by atoms with van der Waals surface area (Å²) in [5.41, 5.74) is 1.04. The third kappa shape index (κ3) is 4.01. The molecule has 1 saturated heterocycles. The maximum Gasteiger partial charge on any atom is 0.237 e. The van der Waals surface area contributed by atoms with Crippen molar-refractivity contribution >= 4 is 11.8 Å². The van der Waals surface area contributed by atoms with Crippen LogP contribution in [0.25, 0.3) is 0 Å². The lowest BCUT2D eigenvalue weighted by atomic mass is 9.95. The Labute approximate surface area is 155 Å². The average Bonchev–Trinajstić information content (AvgIpc) is 2.67. The average molecular weight is 359 g/mol. The molecule has 1 aromatic rings. The van der Waals surface area contributed by atoms with Crippen LogP contribution in [-0.2, 0) is 9.59 Å². The minimum absolute atomic E-state index is 0.0149. The highest BCUT2D eigenvalue weighted by Gasteiger charge is 2.32. The van der Waals surface area contributed by atoms with Crippen LogP contribution >= 0.6 is 0 Å². The van der Waals surface area contributed by atoms with E-state index in [-0.39, 0.29) is 29.8 Å². The molecule has 142 valence electrons. The smallest absolute Gasteiger partial charge is 0.237 e. The van der Waals surface area contributed by atoms with Crippen LogP contribution < -0.4 is 10.1 Å². The number of hydrogen-bond donors (Lipinski definition) is 1. The minimum atomic E-state index is -0.247. The highest BCUT2D eigenvalue weighted by atomic mass is 16.5. The molecule has 0 radical (unpaired) electrons. The van der Waals surface area contributed by atoms with Crippen LogP contribution in [-0.4, -0.2) is 61.4 Å². The molecule has 26 heavy (non-hydrogen) atoms. The van der Waals surface area contributed by atoms with E-state index in [0.29, 0.717) is 13.2 Å². The van der Waals surface area contributed by atoms with Crippen molar-refractivity contribution < 1.29 is 14.3 Å². The van der Waals surface area contributed by atoms with Gasteiger partial charge in [0.2, 0.25) is 11.8 Å². The van der Waals surface area contributed by atoms with Crippen LogP contribution in [0.2, 0.25) is 0 Å². The number of benzene rings is 1. The van der Waals surface area contributed by atoms with Gasteiger partial charge in [-0.1, -0.05) is 18.2 Å². The Morgan fingerprint density at radius 3 is 2.81 bits per heavy atom. The summed E-state index contributed by atoms with van der Waals surface area (Å²) < 4.78 is 5.67. The van der Waals surface area contributed by atoms with Crippen LogP contribution in [0.1, 0.15) is 37.8 Å². The lowest BCUT2D eigenvalue weighted by Crippen LogP contribution is -2.52. The van der Waals surface area contributed by atoms with Gasteiger partial charge in [0.25, 0.3) is 0 Å². The maximum absolute atomic E-state index is 12.8. The molecule has 1 aromatic carbocycles. The first-order valence-corrected chi connectivity index (χ1v) is 9.44. The summed E-state index contributed by atoms with van der Waals surface area (Å²) in [5.74, 6) is 1.01. The second-order valence-corrected chi connectivity index (χ2v) is 7.48. The SMILES string of the molecule is CC(C(=O)NC1CCOc2ccccc21)N1CCCC(C(=O)N(C)C)C1. The van der Waals surface area contributed by atoms with Gasteiger partial charge in [0.05, 0.1) is 24.6 Å². The van der Waals surface area contributed by atoms with Gasteiger partial charge in [-0.3, -0.25) is 14.5 Å². The first-order chi connectivity index (χ1) is 12.5. The van der Waals surface area contributed by atoms with E-state index in [4.69, 9.17) is 4.74 Å². The molecule has 1 fully saturated rings. The van der Waals surface area contributed by atoms with Gasteiger partial charge in [-0.25, -0.2) is 0 Å². The number of amides is 2. The quantitative estimate of drug-likeness (QED) is 0.891. The van der Waals surface area contributed by atoms with Crippen molar-refractivity contribution in [3.63, 3.8) is 0 Å². The monoisotopic (exact) mass is 359 g/mol. The fourth-order valence-corrected chi connectivity index (χ4v) is 3.88. The van der Waals surface area contributed by atoms with Crippen molar-refractivity contribution in [1.82, 2.24) is 15.1 Å². The summed E-state index contributed by atoms with van der Waals surface area (Å²) in [6.45, 7) is 4.05. The summed E-state index contributed by atoms with van der Waals surface area (Å²) in [5, 5.41) is 3.18. The van der Waals surface area contributed by atoms with E-state index in [1.165, 1.54) is 0 Å². The van der Waals surface area contributed by atoms with E-state index < -0.39 is 0 Å². The Hall–Kier alpha value is -2.08. The largest absolute Gasteiger partial charge is 0.493 e. The lowest BCUT2D eigenvalue weighted by Gasteiger charge is -2.37. The number of piperidine rings is 1. The zero-order valence-electron chi connectivity index (χ0n) is 15.9. The van der Waals surface area contributed by atoms with Crippen LogP contribution in [0, 0.1) is 5.92 Å². The van der Waals surface area contributed by atoms with Crippen molar-refractivity contribution in [2.75, 3.05) is 33.8 Å². The molecular weight excluding hydrogens is 330 g/mol. The van der Waals surface area contributed by atoms with E-state index >= 15 is 0 Å². The molecule has 1 N–H and O–H groups in total. The second kappa shape index (κ2) is 8.08. The van der Waals surface area contributed by atoms with E-state index in [9.17, 15) is 9.59 Å². The summed E-state index contributed by atoms with van der Waals surface area (Å²) in [6.07, 6.45) is 2.62. The Balaban J connectivity index is 1.62. The molecule has 6 nitrogen and oxygen atoms in total. The molecule has 2 aliphatic rings. The predicted octanol–water partition coefficient (Wildman–Crippen LogP) is 1.82. The van der Waals surface area contributed by atoms with E-state index in [1.807, 2.05) is 31.2 Å². The highest BCUT2D eigenvalue weighted by Crippen LogP contribution is 2.31. The van der Waals surface area contributed by atoms with Crippen molar-refractivity contribution in [2.45, 2.75) is 38.3 Å². The second-order valence-electron chi connectivity index (χ2n) is 7.48. The standard InChI is InChI=1S/C20H29N3O3/c1-14(23-11-6-7-15(13-23)20(25)22(2)3)19(24)21-17-10-12-26-18-9-5-4-8-16(17)18/h4-5,8-9,14-15,17H,6-7,10-13H2,1-3H3,(H,21,24). The van der Waals surface area contributed by atoms with Gasteiger partial charge in [-0.05, 0) is 32.4 Å². The molecule has 6 heteroatoms. The molecule has 0 bridgehead atoms. The first-order valence-electron chi connectivity index (χ1n) is 9.44. The fourth-order valence-electron chi connectivity index (χ4n) is 3.88. The number of carbonyl (C=O) groups excluding carboxylic acids is 2. The van der Waals surface area contributed by atoms with Gasteiger partial charge in [0, 0.05) is 32.6 Å². The molecule has 0 aliphatic carbocycles. The normalized spacial score (nSPS) is 24.1. The third-order valence-corrected chi connectivity index (χ3v) is 5.44. The molecule has 3 unspecified atom stereocenters. The van der Waals surface area contributed by atoms with E-state index in [0.717, 1.165) is 37.1 Å². The van der Waals surface area contributed by atoms with Gasteiger partial charge in [0.15, 0.2) is 0 Å². The lowest BCUT2D eigenvalue weighted by molar-refractivity contribution is -0.137. The van der Waals surface area contributed by atoms with Crippen LogP contribution in [0.15, 0.2) is 24.3 Å². The molecule has 2 amide bonds. The number of ether oxygens (including phenoxy) is 1. The molecule has 0 saturated carbocycles. The molecule has 2 aliphatic heterocycles. The Morgan fingerprint density at radius 2 is 2.04 bits per heavy atom. The summed E-state index contributed by atoms with van der Waals surface area (Å²) in [7, 11) is 3.58. The molecule has 0 spiro atoms. The van der Waals surface area contributed by atoms with Gasteiger partial charge < -0.3 is 15.0 Å². The number of nitrogens with zero attached hydrogens (tertiary/aromatic N) is 2. The molecular formula is C20H29N3O3. The van der Waals surface area contributed by atoms with Crippen LogP contribution in [0.5, 0.6) is 5.75 Å². The van der Waals surface area contributed by atoms with Crippen molar-refractivity contribution in [1.29, 1.82) is 0 Å². The van der Waals surface area contributed by atoms with Gasteiger partial charge in [-0.15, -0.1) is 0 Å². The van der Waals surface area contributed by atoms with Gasteiger partial charge in [-0.2, -0.15) is 0 Å². The Morgan fingerprint density at radius 1 is 1.27 bits per heavy atom. The number of nitrogens with one attached hydrogen (secondary N) is 1. The van der Waals surface area contributed by atoms with Crippen LogP contribution in [0.3, 0.4) is 0 Å².